The van der Waals surface area contributed by atoms with Gasteiger partial charge in [0.25, 0.3) is 5.56 Å². The standard InChI is InChI=1S/C23H27FN4OS/c1-2-26-12-14-27(15-13-26)23-25-21-20(18-6-4-3-5-7-19(18)30-21)22(29)28(23)17-10-8-16(24)9-11-17/h8-11H,2-7,12-15H2,1H3/p+1. The lowest BCUT2D eigenvalue weighted by Gasteiger charge is -2.33. The van der Waals surface area contributed by atoms with Crippen LogP contribution in [-0.4, -0.2) is 42.3 Å². The van der Waals surface area contributed by atoms with Gasteiger partial charge in [0.15, 0.2) is 0 Å². The second kappa shape index (κ2) is 8.12. The van der Waals surface area contributed by atoms with Crippen LogP contribution >= 0.6 is 11.3 Å². The summed E-state index contributed by atoms with van der Waals surface area (Å²) < 4.78 is 15.3. The Kier molecular flexibility index (Phi) is 5.33. The van der Waals surface area contributed by atoms with Crippen LogP contribution in [0.5, 0.6) is 0 Å². The molecule has 158 valence electrons. The van der Waals surface area contributed by atoms with Crippen LogP contribution in [0.25, 0.3) is 15.9 Å². The van der Waals surface area contributed by atoms with Crippen molar-refractivity contribution >= 4 is 27.5 Å². The fourth-order valence-electron chi connectivity index (χ4n) is 4.78. The van der Waals surface area contributed by atoms with Crippen molar-refractivity contribution in [2.45, 2.75) is 39.0 Å². The van der Waals surface area contributed by atoms with Gasteiger partial charge in [0, 0.05) is 4.88 Å². The summed E-state index contributed by atoms with van der Waals surface area (Å²) in [6.45, 7) is 7.13. The summed E-state index contributed by atoms with van der Waals surface area (Å²) in [7, 11) is 0. The fraction of sp³-hybridized carbons (Fsp3) is 0.478. The van der Waals surface area contributed by atoms with E-state index >= 15 is 0 Å². The monoisotopic (exact) mass is 427 g/mol. The molecule has 1 aliphatic carbocycles. The van der Waals surface area contributed by atoms with E-state index in [4.69, 9.17) is 4.98 Å². The number of hydrogen-bond donors (Lipinski definition) is 1. The summed E-state index contributed by atoms with van der Waals surface area (Å²) in [6, 6.07) is 6.21. The highest BCUT2D eigenvalue weighted by Crippen LogP contribution is 2.34. The third-order valence-electron chi connectivity index (χ3n) is 6.56. The number of quaternary nitrogens is 1. The molecule has 30 heavy (non-hydrogen) atoms. The highest BCUT2D eigenvalue weighted by molar-refractivity contribution is 7.18. The van der Waals surface area contributed by atoms with E-state index in [0.29, 0.717) is 11.6 Å². The maximum absolute atomic E-state index is 13.8. The molecule has 1 aliphatic heterocycles. The molecule has 2 aliphatic rings. The molecular weight excluding hydrogens is 399 g/mol. The molecule has 3 aromatic rings. The minimum atomic E-state index is -0.299. The molecule has 7 heteroatoms. The number of aromatic nitrogens is 2. The van der Waals surface area contributed by atoms with Crippen LogP contribution in [0.1, 0.15) is 36.6 Å². The Morgan fingerprint density at radius 2 is 1.83 bits per heavy atom. The van der Waals surface area contributed by atoms with Crippen molar-refractivity contribution in [3.8, 4) is 5.69 Å². The summed E-state index contributed by atoms with van der Waals surface area (Å²) in [5.74, 6) is 0.401. The minimum Gasteiger partial charge on any atom is -0.332 e. The first-order valence-corrected chi connectivity index (χ1v) is 11.9. The Morgan fingerprint density at radius 1 is 1.10 bits per heavy atom. The van der Waals surface area contributed by atoms with E-state index in [9.17, 15) is 9.18 Å². The molecule has 0 bridgehead atoms. The van der Waals surface area contributed by atoms with Crippen molar-refractivity contribution < 1.29 is 9.29 Å². The molecule has 5 nitrogen and oxygen atoms in total. The second-order valence-corrected chi connectivity index (χ2v) is 9.45. The Morgan fingerprint density at radius 3 is 2.57 bits per heavy atom. The summed E-state index contributed by atoms with van der Waals surface area (Å²) >= 11 is 1.70. The Balaban J connectivity index is 1.70. The van der Waals surface area contributed by atoms with Gasteiger partial charge in [0.2, 0.25) is 5.95 Å². The maximum atomic E-state index is 13.8. The van der Waals surface area contributed by atoms with Gasteiger partial charge in [-0.3, -0.25) is 4.79 Å². The van der Waals surface area contributed by atoms with Gasteiger partial charge in [0.1, 0.15) is 10.6 Å². The van der Waals surface area contributed by atoms with E-state index in [1.165, 1.54) is 35.4 Å². The highest BCUT2D eigenvalue weighted by atomic mass is 32.1. The average molecular weight is 428 g/mol. The van der Waals surface area contributed by atoms with Crippen molar-refractivity contribution in [2.75, 3.05) is 37.6 Å². The SMILES string of the molecule is CC[NH+]1CCN(c2nc3sc4c(c3c(=O)n2-c2ccc(F)cc2)CCCCC4)CC1. The number of aryl methyl sites for hydroxylation is 2. The lowest BCUT2D eigenvalue weighted by atomic mass is 10.1. The number of anilines is 1. The Hall–Kier alpha value is -2.25. The number of piperazine rings is 1. The minimum absolute atomic E-state index is 0.00808. The lowest BCUT2D eigenvalue weighted by Crippen LogP contribution is -3.14. The molecule has 0 spiro atoms. The predicted molar refractivity (Wildman–Crippen MR) is 120 cm³/mol. The number of fused-ring (bicyclic) bond motifs is 3. The molecule has 0 atom stereocenters. The molecule has 0 unspecified atom stereocenters. The van der Waals surface area contributed by atoms with Crippen molar-refractivity contribution in [2.24, 2.45) is 0 Å². The smallest absolute Gasteiger partial charge is 0.268 e. The van der Waals surface area contributed by atoms with Crippen LogP contribution in [0.2, 0.25) is 0 Å². The zero-order chi connectivity index (χ0) is 20.7. The van der Waals surface area contributed by atoms with Gasteiger partial charge in [0.05, 0.1) is 43.8 Å². The topological polar surface area (TPSA) is 42.6 Å². The molecule has 1 fully saturated rings. The number of likely N-dealkylation sites (N-methyl/N-ethyl adjacent to an activating group) is 1. The van der Waals surface area contributed by atoms with Crippen LogP contribution in [-0.2, 0) is 12.8 Å². The van der Waals surface area contributed by atoms with Crippen molar-refractivity contribution in [3.63, 3.8) is 0 Å². The molecule has 2 aromatic heterocycles. The summed E-state index contributed by atoms with van der Waals surface area (Å²) in [5, 5.41) is 0.780. The molecule has 0 amide bonds. The van der Waals surface area contributed by atoms with Gasteiger partial charge < -0.3 is 9.80 Å². The molecule has 1 N–H and O–H groups in total. The maximum Gasteiger partial charge on any atom is 0.268 e. The first kappa shape index (κ1) is 19.7. The van der Waals surface area contributed by atoms with Crippen LogP contribution in [0.15, 0.2) is 29.1 Å². The molecule has 3 heterocycles. The number of thiophene rings is 1. The van der Waals surface area contributed by atoms with E-state index in [2.05, 4.69) is 11.8 Å². The van der Waals surface area contributed by atoms with E-state index in [-0.39, 0.29) is 11.4 Å². The number of nitrogens with zero attached hydrogens (tertiary/aromatic N) is 3. The number of benzene rings is 1. The quantitative estimate of drug-likeness (QED) is 0.654. The molecule has 1 saturated heterocycles. The number of hydrogen-bond acceptors (Lipinski definition) is 4. The number of rotatable bonds is 3. The summed E-state index contributed by atoms with van der Waals surface area (Å²) in [5.41, 5.74) is 1.88. The lowest BCUT2D eigenvalue weighted by molar-refractivity contribution is -0.898. The zero-order valence-electron chi connectivity index (χ0n) is 17.4. The molecule has 5 rings (SSSR count). The van der Waals surface area contributed by atoms with Crippen molar-refractivity contribution in [1.82, 2.24) is 9.55 Å². The summed E-state index contributed by atoms with van der Waals surface area (Å²) in [4.78, 5) is 24.9. The van der Waals surface area contributed by atoms with Crippen LogP contribution in [0.4, 0.5) is 10.3 Å². The van der Waals surface area contributed by atoms with Gasteiger partial charge in [-0.2, -0.15) is 0 Å². The molecular formula is C23H28FN4OS+. The zero-order valence-corrected chi connectivity index (χ0v) is 18.2. The van der Waals surface area contributed by atoms with Gasteiger partial charge in [-0.25, -0.2) is 13.9 Å². The van der Waals surface area contributed by atoms with Gasteiger partial charge >= 0.3 is 0 Å². The normalized spacial score (nSPS) is 17.9. The Labute approximate surface area is 179 Å². The van der Waals surface area contributed by atoms with Crippen LogP contribution in [0.3, 0.4) is 0 Å². The van der Waals surface area contributed by atoms with Crippen LogP contribution in [0, 0.1) is 5.82 Å². The largest absolute Gasteiger partial charge is 0.332 e. The second-order valence-electron chi connectivity index (χ2n) is 8.36. The highest BCUT2D eigenvalue weighted by Gasteiger charge is 2.27. The molecule has 0 saturated carbocycles. The molecule has 0 radical (unpaired) electrons. The van der Waals surface area contributed by atoms with E-state index in [1.54, 1.807) is 32.9 Å². The van der Waals surface area contributed by atoms with Gasteiger partial charge in [-0.05, 0) is 62.4 Å². The first-order valence-electron chi connectivity index (χ1n) is 11.1. The average Bonchev–Trinajstić information content (AvgIpc) is 2.96. The number of nitrogens with one attached hydrogen (secondary N) is 1. The van der Waals surface area contributed by atoms with Crippen molar-refractivity contribution in [3.05, 3.63) is 50.9 Å². The van der Waals surface area contributed by atoms with Gasteiger partial charge in [-0.15, -0.1) is 11.3 Å². The van der Waals surface area contributed by atoms with Crippen LogP contribution < -0.4 is 15.4 Å². The van der Waals surface area contributed by atoms with Crippen molar-refractivity contribution in [1.29, 1.82) is 0 Å². The summed E-state index contributed by atoms with van der Waals surface area (Å²) in [6.07, 6.45) is 5.51. The predicted octanol–water partition coefficient (Wildman–Crippen LogP) is 2.58. The third kappa shape index (κ3) is 3.44. The van der Waals surface area contributed by atoms with E-state index in [0.717, 1.165) is 62.2 Å². The third-order valence-corrected chi connectivity index (χ3v) is 7.75. The first-order chi connectivity index (χ1) is 14.7. The Bertz CT molecular complexity index is 1110. The molecule has 1 aromatic carbocycles. The number of halogens is 1. The van der Waals surface area contributed by atoms with E-state index < -0.39 is 0 Å². The van der Waals surface area contributed by atoms with Gasteiger partial charge in [-0.1, -0.05) is 6.42 Å². The van der Waals surface area contributed by atoms with E-state index in [1.807, 2.05) is 0 Å². The fourth-order valence-corrected chi connectivity index (χ4v) is 6.03.